The smallest absolute Gasteiger partial charge is 0.342 e. The van der Waals surface area contributed by atoms with E-state index in [9.17, 15) is 24.9 Å². The monoisotopic (exact) mass is 455 g/mol. The first-order valence-corrected chi connectivity index (χ1v) is 10.8. The number of phenolic OH excluding ortho intramolecular Hbond substituents is 1. The molecule has 4 N–H and O–H groups in total. The molecule has 2 heterocycles. The van der Waals surface area contributed by atoms with Crippen molar-refractivity contribution in [2.24, 2.45) is 5.92 Å². The van der Waals surface area contributed by atoms with Gasteiger partial charge < -0.3 is 29.9 Å². The molecule has 176 valence electrons. The van der Waals surface area contributed by atoms with E-state index in [4.69, 9.17) is 4.74 Å². The van der Waals surface area contributed by atoms with Crippen molar-refractivity contribution in [3.05, 3.63) is 60.2 Å². The Kier molecular flexibility index (Phi) is 8.02. The van der Waals surface area contributed by atoms with Gasteiger partial charge in [0.25, 0.3) is 0 Å². The number of aliphatic hydroxyl groups is 2. The maximum atomic E-state index is 12.9. The molecule has 0 saturated heterocycles. The van der Waals surface area contributed by atoms with E-state index in [0.717, 1.165) is 0 Å². The van der Waals surface area contributed by atoms with E-state index in [1.54, 1.807) is 38.5 Å². The highest BCUT2D eigenvalue weighted by atomic mass is 16.5. The molecule has 0 bridgehead atoms. The van der Waals surface area contributed by atoms with Crippen molar-refractivity contribution in [3.8, 4) is 5.75 Å². The normalized spacial score (nSPS) is 26.1. The molecule has 1 aromatic heterocycles. The van der Waals surface area contributed by atoms with E-state index >= 15 is 0 Å². The summed E-state index contributed by atoms with van der Waals surface area (Å²) in [6.07, 6.45) is 7.50. The molecule has 9 nitrogen and oxygen atoms in total. The minimum Gasteiger partial charge on any atom is -0.507 e. The third kappa shape index (κ3) is 6.30. The van der Waals surface area contributed by atoms with Gasteiger partial charge in [-0.1, -0.05) is 25.2 Å². The van der Waals surface area contributed by atoms with Crippen LogP contribution in [0.5, 0.6) is 5.75 Å². The minimum absolute atomic E-state index is 0.00221. The average molecular weight is 456 g/mol. The SMILES string of the molecule is C[C@@H]1/C=C/C(=O)[C@H](O)[C@@H](O)C/C=C/c2cc(NCCn3ccnc3)cc(O)c2C(=O)O[C@H]1C. The molecule has 0 radical (unpaired) electrons. The number of fused-ring (bicyclic) bond motifs is 1. The zero-order chi connectivity index (χ0) is 24.0. The summed E-state index contributed by atoms with van der Waals surface area (Å²) in [6, 6.07) is 3.14. The van der Waals surface area contributed by atoms with Crippen molar-refractivity contribution in [2.75, 3.05) is 11.9 Å². The molecular formula is C24H29N3O6. The number of ketones is 1. The summed E-state index contributed by atoms with van der Waals surface area (Å²) < 4.78 is 7.43. The standard InChI is InChI=1S/C24H29N3O6/c1-15-6-7-20(29)23(31)19(28)5-3-4-17-12-18(26-9-11-27-10-8-25-14-27)13-21(30)22(17)24(32)33-16(15)2/h3-4,6-8,10,12-16,19,23,26,28,30-31H,5,9,11H2,1-2H3/b4-3+,7-6+/t15-,16+,19+,23-/m1/s1. The average Bonchev–Trinajstić information content (AvgIpc) is 3.29. The topological polar surface area (TPSA) is 134 Å². The Morgan fingerprint density at radius 1 is 1.21 bits per heavy atom. The minimum atomic E-state index is -1.57. The Bertz CT molecular complexity index is 1030. The largest absolute Gasteiger partial charge is 0.507 e. The van der Waals surface area contributed by atoms with Crippen LogP contribution >= 0.6 is 0 Å². The third-order valence-electron chi connectivity index (χ3n) is 5.54. The lowest BCUT2D eigenvalue weighted by molar-refractivity contribution is -0.127. The first-order valence-electron chi connectivity index (χ1n) is 10.8. The Morgan fingerprint density at radius 3 is 2.73 bits per heavy atom. The van der Waals surface area contributed by atoms with Gasteiger partial charge in [-0.25, -0.2) is 9.78 Å². The number of rotatable bonds is 4. The van der Waals surface area contributed by atoms with Gasteiger partial charge in [0, 0.05) is 43.2 Å². The van der Waals surface area contributed by atoms with Gasteiger partial charge in [0.15, 0.2) is 5.78 Å². The van der Waals surface area contributed by atoms with Crippen LogP contribution in [0.15, 0.2) is 49.1 Å². The molecule has 3 rings (SSSR count). The maximum absolute atomic E-state index is 12.9. The molecule has 2 aromatic rings. The molecule has 4 atom stereocenters. The second-order valence-electron chi connectivity index (χ2n) is 8.07. The highest BCUT2D eigenvalue weighted by Gasteiger charge is 2.25. The van der Waals surface area contributed by atoms with Crippen molar-refractivity contribution in [3.63, 3.8) is 0 Å². The number of anilines is 1. The van der Waals surface area contributed by atoms with E-state index in [0.29, 0.717) is 24.3 Å². The lowest BCUT2D eigenvalue weighted by Gasteiger charge is -2.20. The van der Waals surface area contributed by atoms with E-state index in [1.165, 1.54) is 24.3 Å². The van der Waals surface area contributed by atoms with Crippen molar-refractivity contribution in [1.82, 2.24) is 9.55 Å². The number of ether oxygens (including phenoxy) is 1. The number of imidazole rings is 1. The second-order valence-corrected chi connectivity index (χ2v) is 8.07. The molecule has 0 unspecified atom stereocenters. The lowest BCUT2D eigenvalue weighted by atomic mass is 9.99. The number of nitrogens with one attached hydrogen (secondary N) is 1. The highest BCUT2D eigenvalue weighted by molar-refractivity contribution is 5.97. The number of aromatic nitrogens is 2. The van der Waals surface area contributed by atoms with Crippen molar-refractivity contribution in [1.29, 1.82) is 0 Å². The number of aliphatic hydroxyl groups excluding tert-OH is 2. The molecule has 1 aliphatic heterocycles. The summed E-state index contributed by atoms with van der Waals surface area (Å²) in [5.74, 6) is -1.91. The molecule has 0 aliphatic carbocycles. The number of benzene rings is 1. The van der Waals surface area contributed by atoms with E-state index in [-0.39, 0.29) is 23.7 Å². The fourth-order valence-electron chi connectivity index (χ4n) is 3.34. The predicted molar refractivity (Wildman–Crippen MR) is 123 cm³/mol. The highest BCUT2D eigenvalue weighted by Crippen LogP contribution is 2.30. The van der Waals surface area contributed by atoms with Gasteiger partial charge in [-0.2, -0.15) is 0 Å². The summed E-state index contributed by atoms with van der Waals surface area (Å²) in [7, 11) is 0. The van der Waals surface area contributed by atoms with Crippen LogP contribution < -0.4 is 5.32 Å². The number of esters is 1. The number of hydrogen-bond acceptors (Lipinski definition) is 8. The van der Waals surface area contributed by atoms with Crippen LogP contribution in [0.3, 0.4) is 0 Å². The molecule has 0 saturated carbocycles. The molecule has 9 heteroatoms. The summed E-state index contributed by atoms with van der Waals surface area (Å²) in [5.41, 5.74) is 0.966. The maximum Gasteiger partial charge on any atom is 0.342 e. The Balaban J connectivity index is 1.89. The molecule has 0 amide bonds. The number of carbonyl (C=O) groups excluding carboxylic acids is 2. The summed E-state index contributed by atoms with van der Waals surface area (Å²) in [5, 5.41) is 34.1. The number of carbonyl (C=O) groups is 2. The van der Waals surface area contributed by atoms with Crippen LogP contribution in [-0.2, 0) is 16.1 Å². The fourth-order valence-corrected chi connectivity index (χ4v) is 3.34. The van der Waals surface area contributed by atoms with Gasteiger partial charge in [-0.3, -0.25) is 4.79 Å². The van der Waals surface area contributed by atoms with E-state index in [1.807, 2.05) is 10.8 Å². The van der Waals surface area contributed by atoms with Gasteiger partial charge >= 0.3 is 5.97 Å². The lowest BCUT2D eigenvalue weighted by Crippen LogP contribution is -2.32. The molecule has 0 spiro atoms. The van der Waals surface area contributed by atoms with Crippen molar-refractivity contribution >= 4 is 23.5 Å². The zero-order valence-electron chi connectivity index (χ0n) is 18.6. The van der Waals surface area contributed by atoms with Crippen LogP contribution in [0.1, 0.15) is 36.2 Å². The van der Waals surface area contributed by atoms with Crippen LogP contribution in [0.2, 0.25) is 0 Å². The Morgan fingerprint density at radius 2 is 2.00 bits per heavy atom. The molecular weight excluding hydrogens is 426 g/mol. The third-order valence-corrected chi connectivity index (χ3v) is 5.54. The number of hydrogen-bond donors (Lipinski definition) is 4. The molecule has 33 heavy (non-hydrogen) atoms. The van der Waals surface area contributed by atoms with Crippen molar-refractivity contribution in [2.45, 2.75) is 45.1 Å². The van der Waals surface area contributed by atoms with Gasteiger partial charge in [0.05, 0.1) is 12.4 Å². The van der Waals surface area contributed by atoms with Gasteiger partial charge in [0.1, 0.15) is 23.5 Å². The van der Waals surface area contributed by atoms with E-state index in [2.05, 4.69) is 10.3 Å². The number of phenols is 1. The molecule has 1 aliphatic rings. The first-order chi connectivity index (χ1) is 15.8. The van der Waals surface area contributed by atoms with Crippen LogP contribution in [0.25, 0.3) is 6.08 Å². The predicted octanol–water partition coefficient (Wildman–Crippen LogP) is 2.15. The Labute approximate surface area is 192 Å². The second kappa shape index (κ2) is 10.9. The number of nitrogens with zero attached hydrogens (tertiary/aromatic N) is 2. The van der Waals surface area contributed by atoms with Crippen LogP contribution in [0, 0.1) is 5.92 Å². The summed E-state index contributed by atoms with van der Waals surface area (Å²) in [4.78, 5) is 29.0. The molecule has 0 fully saturated rings. The number of cyclic esters (lactones) is 1. The zero-order valence-corrected chi connectivity index (χ0v) is 18.6. The van der Waals surface area contributed by atoms with Gasteiger partial charge in [0.2, 0.25) is 0 Å². The van der Waals surface area contributed by atoms with Crippen LogP contribution in [0.4, 0.5) is 5.69 Å². The Hall–Kier alpha value is -3.43. The van der Waals surface area contributed by atoms with E-state index < -0.39 is 30.1 Å². The fraction of sp³-hybridized carbons (Fsp3) is 0.375. The summed E-state index contributed by atoms with van der Waals surface area (Å²) >= 11 is 0. The quantitative estimate of drug-likeness (QED) is 0.515. The van der Waals surface area contributed by atoms with Crippen LogP contribution in [-0.4, -0.2) is 61.5 Å². The number of aromatic hydroxyl groups is 1. The van der Waals surface area contributed by atoms with Gasteiger partial charge in [-0.15, -0.1) is 0 Å². The molecule has 1 aromatic carbocycles. The first kappa shape index (κ1) is 24.2. The summed E-state index contributed by atoms with van der Waals surface area (Å²) in [6.45, 7) is 4.63. The van der Waals surface area contributed by atoms with Gasteiger partial charge in [-0.05, 0) is 31.1 Å². The van der Waals surface area contributed by atoms with Crippen molar-refractivity contribution < 1.29 is 29.6 Å².